The monoisotopic (exact) mass is 483 g/mol. The molecule has 1 atom stereocenters. The Kier molecular flexibility index (Phi) is 10.6. The summed E-state index contributed by atoms with van der Waals surface area (Å²) in [4.78, 5) is 12.6. The molecule has 3 rings (SSSR count). The molecule has 2 aromatic rings. The van der Waals surface area contributed by atoms with E-state index >= 15 is 0 Å². The molecule has 1 amide bonds. The average molecular weight is 485 g/mol. The molecule has 1 aliphatic rings. The Balaban J connectivity index is 0.00000166. The third-order valence-electron chi connectivity index (χ3n) is 4.77. The molecule has 1 unspecified atom stereocenters. The summed E-state index contributed by atoms with van der Waals surface area (Å²) < 4.78 is 0. The van der Waals surface area contributed by atoms with Gasteiger partial charge in [-0.2, -0.15) is 10.5 Å². The number of amides is 1. The summed E-state index contributed by atoms with van der Waals surface area (Å²) in [7, 11) is 0. The Hall–Kier alpha value is -1.79. The summed E-state index contributed by atoms with van der Waals surface area (Å²) in [5, 5.41) is 8.07. The zero-order valence-corrected chi connectivity index (χ0v) is 20.4. The fraction of sp³-hybridized carbons (Fsp3) is 0.391. The number of hydrogen-bond acceptors (Lipinski definition) is 3. The highest BCUT2D eigenvalue weighted by Gasteiger charge is 2.33. The number of carbonyl (C=O) groups excluding carboxylic acids is 1. The smallest absolute Gasteiger partial charge is 0.263 e. The standard InChI is InChI=1S/C21H23Cl3N4O.C2H6/c1-2-3-4-11-25-26-21(29)18-13-20(14-5-7-15(22)8-6-14)28(27-18)19-10-9-16(23)12-17(19)24;1-2/h5-10,12,20,25H,2-4,11,13H2,1H3,(H,26,29);1-2H3/p+1. The van der Waals surface area contributed by atoms with Gasteiger partial charge in [-0.25, -0.2) is 5.43 Å². The van der Waals surface area contributed by atoms with Crippen molar-refractivity contribution >= 4 is 52.1 Å². The maximum atomic E-state index is 12.6. The van der Waals surface area contributed by atoms with E-state index in [9.17, 15) is 4.79 Å². The Morgan fingerprint density at radius 2 is 1.77 bits per heavy atom. The van der Waals surface area contributed by atoms with Crippen molar-refractivity contribution in [3.05, 3.63) is 63.1 Å². The molecule has 168 valence electrons. The molecule has 3 N–H and O–H groups in total. The number of hydrazone groups is 1. The van der Waals surface area contributed by atoms with Gasteiger partial charge in [-0.1, -0.05) is 74.1 Å². The Bertz CT molecular complexity index is 887. The molecule has 0 fully saturated rings. The number of anilines is 1. The molecule has 5 nitrogen and oxygen atoms in total. The van der Waals surface area contributed by atoms with Gasteiger partial charge < -0.3 is 0 Å². The van der Waals surface area contributed by atoms with Gasteiger partial charge in [0.1, 0.15) is 5.71 Å². The molecular weight excluding hydrogens is 455 g/mol. The summed E-state index contributed by atoms with van der Waals surface area (Å²) in [6.07, 6.45) is 3.82. The zero-order chi connectivity index (χ0) is 22.8. The predicted molar refractivity (Wildman–Crippen MR) is 131 cm³/mol. The first-order valence-corrected chi connectivity index (χ1v) is 11.8. The minimum atomic E-state index is -0.187. The number of nitrogens with zero attached hydrogens (tertiary/aromatic N) is 2. The van der Waals surface area contributed by atoms with Crippen molar-refractivity contribution < 1.29 is 10.2 Å². The molecule has 2 aromatic carbocycles. The molecular formula is C23H30Cl3N4O+. The maximum Gasteiger partial charge on any atom is 0.312 e. The van der Waals surface area contributed by atoms with E-state index in [1.165, 1.54) is 0 Å². The number of unbranched alkanes of at least 4 members (excludes halogenated alkanes) is 2. The zero-order valence-electron chi connectivity index (χ0n) is 18.2. The molecule has 31 heavy (non-hydrogen) atoms. The summed E-state index contributed by atoms with van der Waals surface area (Å²) in [5.41, 5.74) is 6.84. The average Bonchev–Trinajstić information content (AvgIpc) is 3.20. The number of nitrogens with two attached hydrogens (primary N) is 1. The highest BCUT2D eigenvalue weighted by molar-refractivity contribution is 6.40. The van der Waals surface area contributed by atoms with Crippen LogP contribution in [0.5, 0.6) is 0 Å². The molecule has 0 aliphatic carbocycles. The van der Waals surface area contributed by atoms with E-state index in [1.54, 1.807) is 17.1 Å². The van der Waals surface area contributed by atoms with Crippen molar-refractivity contribution in [3.63, 3.8) is 0 Å². The van der Waals surface area contributed by atoms with Gasteiger partial charge in [-0.15, -0.1) is 0 Å². The SMILES string of the molecule is CC.CCCCC[NH2+]NC(=O)C1=NN(c2ccc(Cl)cc2Cl)C(c2ccc(Cl)cc2)C1. The maximum absolute atomic E-state index is 12.6. The Labute approximate surface area is 199 Å². The lowest BCUT2D eigenvalue weighted by molar-refractivity contribution is -0.698. The van der Waals surface area contributed by atoms with Gasteiger partial charge in [0, 0.05) is 16.5 Å². The van der Waals surface area contributed by atoms with Crippen LogP contribution in [0.1, 0.15) is 58.1 Å². The molecule has 0 spiro atoms. The summed E-state index contributed by atoms with van der Waals surface area (Å²) >= 11 is 18.5. The van der Waals surface area contributed by atoms with E-state index in [2.05, 4.69) is 17.5 Å². The van der Waals surface area contributed by atoms with Crippen LogP contribution in [0.3, 0.4) is 0 Å². The second-order valence-corrected chi connectivity index (χ2v) is 8.21. The van der Waals surface area contributed by atoms with E-state index in [0.29, 0.717) is 32.9 Å². The molecule has 1 heterocycles. The number of halogens is 3. The van der Waals surface area contributed by atoms with E-state index in [-0.39, 0.29) is 11.9 Å². The molecule has 0 radical (unpaired) electrons. The van der Waals surface area contributed by atoms with Gasteiger partial charge in [-0.05, 0) is 48.7 Å². The largest absolute Gasteiger partial charge is 0.312 e. The first-order valence-electron chi connectivity index (χ1n) is 10.7. The van der Waals surface area contributed by atoms with Crippen molar-refractivity contribution in [1.29, 1.82) is 0 Å². The minimum absolute atomic E-state index is 0.160. The fourth-order valence-electron chi connectivity index (χ4n) is 3.23. The van der Waals surface area contributed by atoms with Crippen LogP contribution in [-0.4, -0.2) is 18.2 Å². The van der Waals surface area contributed by atoms with Crippen molar-refractivity contribution in [2.45, 2.75) is 52.5 Å². The molecule has 0 saturated heterocycles. The highest BCUT2D eigenvalue weighted by Crippen LogP contribution is 2.39. The van der Waals surface area contributed by atoms with E-state index < -0.39 is 0 Å². The van der Waals surface area contributed by atoms with Crippen LogP contribution < -0.4 is 15.9 Å². The Morgan fingerprint density at radius 3 is 2.42 bits per heavy atom. The van der Waals surface area contributed by atoms with Crippen LogP contribution in [0.4, 0.5) is 5.69 Å². The Morgan fingerprint density at radius 1 is 1.10 bits per heavy atom. The van der Waals surface area contributed by atoms with E-state index in [4.69, 9.17) is 34.8 Å². The number of rotatable bonds is 8. The van der Waals surface area contributed by atoms with E-state index in [0.717, 1.165) is 31.4 Å². The number of carbonyl (C=O) groups is 1. The lowest BCUT2D eigenvalue weighted by atomic mass is 10.0. The number of benzene rings is 2. The molecule has 8 heteroatoms. The van der Waals surface area contributed by atoms with Gasteiger partial charge in [-0.3, -0.25) is 9.80 Å². The van der Waals surface area contributed by atoms with Gasteiger partial charge in [0.15, 0.2) is 0 Å². The quantitative estimate of drug-likeness (QED) is 0.216. The first kappa shape index (κ1) is 25.5. The first-order chi connectivity index (χ1) is 15.0. The van der Waals surface area contributed by atoms with Crippen molar-refractivity contribution in [1.82, 2.24) is 5.43 Å². The normalized spacial score (nSPS) is 15.2. The fourth-order valence-corrected chi connectivity index (χ4v) is 3.85. The van der Waals surface area contributed by atoms with Crippen LogP contribution in [-0.2, 0) is 4.79 Å². The van der Waals surface area contributed by atoms with Gasteiger partial charge >= 0.3 is 5.91 Å². The van der Waals surface area contributed by atoms with Crippen LogP contribution in [0.15, 0.2) is 47.6 Å². The van der Waals surface area contributed by atoms with Crippen LogP contribution in [0.25, 0.3) is 0 Å². The number of nitrogens with one attached hydrogen (secondary N) is 1. The lowest BCUT2D eigenvalue weighted by Crippen LogP contribution is -2.94. The summed E-state index contributed by atoms with van der Waals surface area (Å²) in [5.74, 6) is -0.187. The van der Waals surface area contributed by atoms with Crippen LogP contribution in [0.2, 0.25) is 15.1 Å². The number of quaternary nitrogens is 1. The topological polar surface area (TPSA) is 61.3 Å². The third-order valence-corrected chi connectivity index (χ3v) is 5.56. The third kappa shape index (κ3) is 7.11. The van der Waals surface area contributed by atoms with Crippen LogP contribution >= 0.6 is 34.8 Å². The summed E-state index contributed by atoms with van der Waals surface area (Å²) in [6, 6.07) is 12.6. The molecule has 1 aliphatic heterocycles. The van der Waals surface area contributed by atoms with Crippen LogP contribution in [0, 0.1) is 0 Å². The predicted octanol–water partition coefficient (Wildman–Crippen LogP) is 5.77. The number of hydrogen-bond donors (Lipinski definition) is 2. The van der Waals surface area contributed by atoms with Gasteiger partial charge in [0.05, 0.1) is 23.3 Å². The van der Waals surface area contributed by atoms with Crippen molar-refractivity contribution in [3.8, 4) is 0 Å². The van der Waals surface area contributed by atoms with Crippen molar-refractivity contribution in [2.75, 3.05) is 11.6 Å². The molecule has 0 aromatic heterocycles. The van der Waals surface area contributed by atoms with Crippen molar-refractivity contribution in [2.24, 2.45) is 5.10 Å². The second kappa shape index (κ2) is 12.9. The highest BCUT2D eigenvalue weighted by atomic mass is 35.5. The molecule has 0 bridgehead atoms. The lowest BCUT2D eigenvalue weighted by Gasteiger charge is -2.25. The minimum Gasteiger partial charge on any atom is -0.263 e. The van der Waals surface area contributed by atoms with Gasteiger partial charge in [0.2, 0.25) is 0 Å². The van der Waals surface area contributed by atoms with E-state index in [1.807, 2.05) is 49.6 Å². The summed E-state index contributed by atoms with van der Waals surface area (Å²) in [6.45, 7) is 7.00. The molecule has 0 saturated carbocycles. The van der Waals surface area contributed by atoms with Gasteiger partial charge in [0.25, 0.3) is 0 Å². The second-order valence-electron chi connectivity index (χ2n) is 6.93.